The van der Waals surface area contributed by atoms with Gasteiger partial charge in [0.2, 0.25) is 0 Å². The summed E-state index contributed by atoms with van der Waals surface area (Å²) in [7, 11) is 1.93. The van der Waals surface area contributed by atoms with Crippen LogP contribution in [0.2, 0.25) is 0 Å². The Hall–Kier alpha value is -1.87. The maximum Gasteiger partial charge on any atom is 0.129 e. The highest BCUT2D eigenvalue weighted by molar-refractivity contribution is 5.67. The first-order chi connectivity index (χ1) is 9.02. The molecule has 2 aromatic carbocycles. The average Bonchev–Trinajstić information content (AvgIpc) is 2.36. The normalized spacial score (nSPS) is 10.6. The van der Waals surface area contributed by atoms with E-state index in [4.69, 9.17) is 5.73 Å². The van der Waals surface area contributed by atoms with Crippen LogP contribution in [-0.4, -0.2) is 7.05 Å². The van der Waals surface area contributed by atoms with Gasteiger partial charge in [0.05, 0.1) is 0 Å². The van der Waals surface area contributed by atoms with Crippen LogP contribution < -0.4 is 10.6 Å². The number of aryl methyl sites for hydroxylation is 2. The van der Waals surface area contributed by atoms with Gasteiger partial charge >= 0.3 is 0 Å². The third kappa shape index (κ3) is 2.76. The number of hydrogen-bond donors (Lipinski definition) is 1. The summed E-state index contributed by atoms with van der Waals surface area (Å²) in [6, 6.07) is 11.3. The molecular formula is C16H19FN2. The van der Waals surface area contributed by atoms with Gasteiger partial charge in [-0.15, -0.1) is 0 Å². The number of benzene rings is 2. The maximum atomic E-state index is 13.8. The number of anilines is 2. The van der Waals surface area contributed by atoms with Crippen LogP contribution in [0, 0.1) is 19.7 Å². The number of hydrogen-bond acceptors (Lipinski definition) is 2. The van der Waals surface area contributed by atoms with E-state index >= 15 is 0 Å². The van der Waals surface area contributed by atoms with Crippen molar-refractivity contribution < 1.29 is 4.39 Å². The van der Waals surface area contributed by atoms with Crippen LogP contribution in [0.25, 0.3) is 0 Å². The van der Waals surface area contributed by atoms with E-state index in [0.717, 1.165) is 11.4 Å². The predicted octanol–water partition coefficient (Wildman–Crippen LogP) is 3.67. The lowest BCUT2D eigenvalue weighted by molar-refractivity contribution is 0.611. The minimum Gasteiger partial charge on any atom is -0.344 e. The van der Waals surface area contributed by atoms with Crippen molar-refractivity contribution in [1.82, 2.24) is 0 Å². The highest BCUT2D eigenvalue weighted by atomic mass is 19.1. The van der Waals surface area contributed by atoms with Crippen molar-refractivity contribution in [1.29, 1.82) is 0 Å². The Bertz CT molecular complexity index is 573. The minimum absolute atomic E-state index is 0.192. The van der Waals surface area contributed by atoms with Gasteiger partial charge in [-0.1, -0.05) is 12.1 Å². The molecule has 0 aliphatic carbocycles. The van der Waals surface area contributed by atoms with E-state index in [9.17, 15) is 4.39 Å². The van der Waals surface area contributed by atoms with Crippen LogP contribution in [0.15, 0.2) is 36.4 Å². The Kier molecular flexibility index (Phi) is 3.86. The molecule has 2 aromatic rings. The van der Waals surface area contributed by atoms with Crippen molar-refractivity contribution in [2.75, 3.05) is 11.9 Å². The van der Waals surface area contributed by atoms with E-state index in [2.05, 4.69) is 32.0 Å². The van der Waals surface area contributed by atoms with Gasteiger partial charge in [0.25, 0.3) is 0 Å². The lowest BCUT2D eigenvalue weighted by Crippen LogP contribution is -2.15. The summed E-state index contributed by atoms with van der Waals surface area (Å²) in [4.78, 5) is 1.98. The van der Waals surface area contributed by atoms with Crippen LogP contribution in [0.3, 0.4) is 0 Å². The molecule has 0 heterocycles. The van der Waals surface area contributed by atoms with Gasteiger partial charge in [0.15, 0.2) is 0 Å². The van der Waals surface area contributed by atoms with Crippen molar-refractivity contribution in [2.24, 2.45) is 5.73 Å². The zero-order chi connectivity index (χ0) is 14.0. The van der Waals surface area contributed by atoms with Crippen LogP contribution in [0.4, 0.5) is 15.8 Å². The van der Waals surface area contributed by atoms with E-state index in [0.29, 0.717) is 5.56 Å². The molecule has 0 bridgehead atoms. The molecule has 0 aliphatic rings. The fourth-order valence-electron chi connectivity index (χ4n) is 2.35. The minimum atomic E-state index is -0.253. The molecule has 0 atom stereocenters. The Balaban J connectivity index is 2.49. The van der Waals surface area contributed by atoms with Gasteiger partial charge in [0, 0.05) is 30.5 Å². The molecule has 0 spiro atoms. The number of halogens is 1. The fourth-order valence-corrected chi connectivity index (χ4v) is 2.35. The molecule has 3 heteroatoms. The second kappa shape index (κ2) is 5.41. The monoisotopic (exact) mass is 258 g/mol. The van der Waals surface area contributed by atoms with Crippen molar-refractivity contribution >= 4 is 11.4 Å². The molecule has 2 N–H and O–H groups in total. The van der Waals surface area contributed by atoms with Crippen molar-refractivity contribution in [3.8, 4) is 0 Å². The molecule has 100 valence electrons. The second-order valence-corrected chi connectivity index (χ2v) is 4.85. The van der Waals surface area contributed by atoms with Gasteiger partial charge in [-0.25, -0.2) is 4.39 Å². The molecular weight excluding hydrogens is 239 g/mol. The number of rotatable bonds is 3. The topological polar surface area (TPSA) is 29.3 Å². The summed E-state index contributed by atoms with van der Waals surface area (Å²) in [5.41, 5.74) is 10.4. The first-order valence-corrected chi connectivity index (χ1v) is 6.32. The number of nitrogens with zero attached hydrogens (tertiary/aromatic N) is 1. The Labute approximate surface area is 113 Å². The Morgan fingerprint density at radius 3 is 2.32 bits per heavy atom. The smallest absolute Gasteiger partial charge is 0.129 e. The van der Waals surface area contributed by atoms with Gasteiger partial charge in [-0.05, 0) is 49.2 Å². The highest BCUT2D eigenvalue weighted by Crippen LogP contribution is 2.29. The predicted molar refractivity (Wildman–Crippen MR) is 78.3 cm³/mol. The van der Waals surface area contributed by atoms with Gasteiger partial charge in [0.1, 0.15) is 5.82 Å². The third-order valence-corrected chi connectivity index (χ3v) is 3.25. The zero-order valence-electron chi connectivity index (χ0n) is 11.6. The first kappa shape index (κ1) is 13.6. The lowest BCUT2D eigenvalue weighted by atomic mass is 10.1. The fraction of sp³-hybridized carbons (Fsp3) is 0.250. The molecule has 19 heavy (non-hydrogen) atoms. The molecule has 0 radical (unpaired) electrons. The SMILES string of the molecule is Cc1cc(C)cc(N(C)c2cccc(F)c2CN)c1. The van der Waals surface area contributed by atoms with E-state index in [-0.39, 0.29) is 12.4 Å². The van der Waals surface area contributed by atoms with Crippen LogP contribution in [0.1, 0.15) is 16.7 Å². The van der Waals surface area contributed by atoms with Gasteiger partial charge in [-0.3, -0.25) is 0 Å². The highest BCUT2D eigenvalue weighted by Gasteiger charge is 2.12. The zero-order valence-corrected chi connectivity index (χ0v) is 11.6. The quantitative estimate of drug-likeness (QED) is 0.910. The molecule has 0 saturated carbocycles. The van der Waals surface area contributed by atoms with Crippen molar-refractivity contribution in [3.63, 3.8) is 0 Å². The standard InChI is InChI=1S/C16H19FN2/c1-11-7-12(2)9-13(8-11)19(3)16-6-4-5-15(17)14(16)10-18/h4-9H,10,18H2,1-3H3. The molecule has 0 unspecified atom stereocenters. The van der Waals surface area contributed by atoms with Crippen molar-refractivity contribution in [3.05, 3.63) is 58.9 Å². The van der Waals surface area contributed by atoms with Crippen LogP contribution in [0.5, 0.6) is 0 Å². The van der Waals surface area contributed by atoms with E-state index in [1.807, 2.05) is 18.0 Å². The molecule has 0 amide bonds. The average molecular weight is 258 g/mol. The molecule has 2 nitrogen and oxygen atoms in total. The molecule has 0 aromatic heterocycles. The van der Waals surface area contributed by atoms with Crippen molar-refractivity contribution in [2.45, 2.75) is 20.4 Å². The summed E-state index contributed by atoms with van der Waals surface area (Å²) >= 11 is 0. The van der Waals surface area contributed by atoms with E-state index < -0.39 is 0 Å². The third-order valence-electron chi connectivity index (χ3n) is 3.25. The summed E-state index contributed by atoms with van der Waals surface area (Å²) in [6.07, 6.45) is 0. The lowest BCUT2D eigenvalue weighted by Gasteiger charge is -2.23. The molecule has 0 aliphatic heterocycles. The Morgan fingerprint density at radius 2 is 1.74 bits per heavy atom. The largest absolute Gasteiger partial charge is 0.344 e. The summed E-state index contributed by atoms with van der Waals surface area (Å²) in [6.45, 7) is 4.30. The van der Waals surface area contributed by atoms with E-state index in [1.165, 1.54) is 17.2 Å². The van der Waals surface area contributed by atoms with Gasteiger partial charge < -0.3 is 10.6 Å². The van der Waals surface area contributed by atoms with Gasteiger partial charge in [-0.2, -0.15) is 0 Å². The molecule has 2 rings (SSSR count). The summed E-state index contributed by atoms with van der Waals surface area (Å²) < 4.78 is 13.8. The summed E-state index contributed by atoms with van der Waals surface area (Å²) in [5, 5.41) is 0. The summed E-state index contributed by atoms with van der Waals surface area (Å²) in [5.74, 6) is -0.253. The van der Waals surface area contributed by atoms with Crippen LogP contribution in [-0.2, 0) is 6.54 Å². The number of nitrogens with two attached hydrogens (primary N) is 1. The second-order valence-electron chi connectivity index (χ2n) is 4.85. The van der Waals surface area contributed by atoms with Crippen LogP contribution >= 0.6 is 0 Å². The molecule has 0 saturated heterocycles. The Morgan fingerprint density at radius 1 is 1.11 bits per heavy atom. The first-order valence-electron chi connectivity index (χ1n) is 6.32. The molecule has 0 fully saturated rings. The van der Waals surface area contributed by atoms with E-state index in [1.54, 1.807) is 6.07 Å². The maximum absolute atomic E-state index is 13.8.